The number of H-pyrrole nitrogens is 2. The molecule has 0 amide bonds. The number of aromatic amines is 2. The summed E-state index contributed by atoms with van der Waals surface area (Å²) in [5.41, 5.74) is 3.13. The largest absolute Gasteiger partial charge is 0.756 e. The fraction of sp³-hybridized carbons (Fsp3) is 0.500. The summed E-state index contributed by atoms with van der Waals surface area (Å²) >= 11 is 0. The molecule has 26 nitrogen and oxygen atoms in total. The highest BCUT2D eigenvalue weighted by Gasteiger charge is 2.49. The lowest BCUT2D eigenvalue weighted by Gasteiger charge is -2.34. The number of fused-ring (bicyclic) bond motifs is 4. The number of aliphatic hydroxyl groups excluding tert-OH is 1. The zero-order chi connectivity index (χ0) is 35.0. The van der Waals surface area contributed by atoms with Gasteiger partial charge in [-0.3, -0.25) is 42.9 Å². The number of imidazole rings is 2. The highest BCUT2D eigenvalue weighted by Crippen LogP contribution is 2.50. The number of aromatic nitrogens is 8. The molecule has 8 N–H and O–H groups in total. The Hall–Kier alpha value is -3.45. The van der Waals surface area contributed by atoms with E-state index in [1.807, 2.05) is 0 Å². The Bertz CT molecular complexity index is 2200. The summed E-state index contributed by atoms with van der Waals surface area (Å²) in [6.45, 7) is -1.82. The normalized spacial score (nSPS) is 34.3. The number of aliphatic hydroxyl groups is 1. The molecule has 29 heteroatoms. The minimum atomic E-state index is -5.35. The van der Waals surface area contributed by atoms with Gasteiger partial charge in [0.2, 0.25) is 11.9 Å². The second-order valence-electron chi connectivity index (χ2n) is 10.8. The highest BCUT2D eigenvalue weighted by atomic mass is 31.2. The van der Waals surface area contributed by atoms with Gasteiger partial charge in [0.25, 0.3) is 26.8 Å². The van der Waals surface area contributed by atoms with E-state index in [2.05, 4.69) is 29.9 Å². The molecule has 0 bridgehead atoms. The summed E-state index contributed by atoms with van der Waals surface area (Å²) in [5.74, 6) is -0.923. The molecular weight excluding hydrogens is 729 g/mol. The Morgan fingerprint density at radius 3 is 2.22 bits per heavy atom. The Morgan fingerprint density at radius 2 is 1.53 bits per heavy atom. The highest BCUT2D eigenvalue weighted by molar-refractivity contribution is 7.53. The van der Waals surface area contributed by atoms with Crippen molar-refractivity contribution in [1.82, 2.24) is 39.0 Å². The van der Waals surface area contributed by atoms with Crippen molar-refractivity contribution in [1.29, 1.82) is 0 Å². The molecule has 0 spiro atoms. The van der Waals surface area contributed by atoms with Crippen LogP contribution in [0.4, 0.5) is 11.9 Å². The summed E-state index contributed by atoms with van der Waals surface area (Å²) in [6, 6.07) is 0. The van der Waals surface area contributed by atoms with E-state index in [4.69, 9.17) is 33.3 Å². The van der Waals surface area contributed by atoms with Gasteiger partial charge in [0.05, 0.1) is 32.0 Å². The van der Waals surface area contributed by atoms with E-state index < -0.39 is 96.6 Å². The number of nitrogens with two attached hydrogens (primary N) is 1. The minimum Gasteiger partial charge on any atom is -0.756 e. The molecule has 4 unspecified atom stereocenters. The number of anilines is 2. The lowest BCUT2D eigenvalue weighted by atomic mass is 10.1. The van der Waals surface area contributed by atoms with Crippen LogP contribution in [0.2, 0.25) is 0 Å². The van der Waals surface area contributed by atoms with Crippen LogP contribution in [0.25, 0.3) is 22.3 Å². The van der Waals surface area contributed by atoms with Crippen molar-refractivity contribution in [3.05, 3.63) is 33.4 Å². The molecule has 0 radical (unpaired) electrons. The van der Waals surface area contributed by atoms with Crippen molar-refractivity contribution in [2.24, 2.45) is 0 Å². The fourth-order valence-corrected chi connectivity index (χ4v) is 7.78. The van der Waals surface area contributed by atoms with Crippen LogP contribution in [0.1, 0.15) is 18.9 Å². The van der Waals surface area contributed by atoms with Crippen molar-refractivity contribution < 1.29 is 65.9 Å². The summed E-state index contributed by atoms with van der Waals surface area (Å²) in [5, 5.41) is 12.8. The molecule has 0 aromatic carbocycles. The summed E-state index contributed by atoms with van der Waals surface area (Å²) in [6.07, 6.45) is -9.16. The first kappa shape index (κ1) is 34.0. The maximum absolute atomic E-state index is 13.0. The zero-order valence-corrected chi connectivity index (χ0v) is 26.8. The van der Waals surface area contributed by atoms with Gasteiger partial charge in [-0.05, 0) is 0 Å². The lowest BCUT2D eigenvalue weighted by Crippen LogP contribution is -2.39. The third-order valence-electron chi connectivity index (χ3n) is 7.52. The van der Waals surface area contributed by atoms with Crippen LogP contribution in [0, 0.1) is 0 Å². The molecule has 7 heterocycles. The molecule has 4 aromatic heterocycles. The number of phosphoric ester groups is 2. The molecule has 3 fully saturated rings. The molecule has 3 saturated heterocycles. The number of rotatable bonds is 4. The number of ether oxygens (including phenoxy) is 2. The molecule has 0 aliphatic carbocycles. The Balaban J connectivity index is 1.15. The maximum atomic E-state index is 13.0. The van der Waals surface area contributed by atoms with Crippen molar-refractivity contribution in [2.45, 2.75) is 49.4 Å². The van der Waals surface area contributed by atoms with Gasteiger partial charge in [-0.25, -0.2) is 14.5 Å². The van der Waals surface area contributed by atoms with Crippen molar-refractivity contribution in [3.63, 3.8) is 0 Å². The second-order valence-corrected chi connectivity index (χ2v) is 14.8. The first-order valence-electron chi connectivity index (χ1n) is 13.8. The zero-order valence-electron chi connectivity index (χ0n) is 24.1. The molecule has 266 valence electrons. The quantitative estimate of drug-likeness (QED) is 0.100. The average Bonchev–Trinajstić information content (AvgIpc) is 3.75. The topological polar surface area (TPSA) is 379 Å². The number of nitrogens with zero attached hydrogens (tertiary/aromatic N) is 6. The fourth-order valence-electron chi connectivity index (χ4n) is 5.51. The maximum Gasteiger partial charge on any atom is 0.429 e. The van der Waals surface area contributed by atoms with E-state index in [1.165, 1.54) is 0 Å². The van der Waals surface area contributed by atoms with Gasteiger partial charge in [-0.15, -0.1) is 0 Å². The smallest absolute Gasteiger partial charge is 0.429 e. The lowest BCUT2D eigenvalue weighted by molar-refractivity contribution is -0.243. The van der Waals surface area contributed by atoms with E-state index in [9.17, 15) is 48.0 Å². The summed E-state index contributed by atoms with van der Waals surface area (Å²) in [4.78, 5) is 89.1. The number of hydrogen-bond acceptors (Lipinski definition) is 19. The van der Waals surface area contributed by atoms with Crippen LogP contribution in [-0.2, 0) is 41.3 Å². The van der Waals surface area contributed by atoms with Crippen LogP contribution in [0.3, 0.4) is 0 Å². The van der Waals surface area contributed by atoms with Crippen LogP contribution in [0.5, 0.6) is 0 Å². The van der Waals surface area contributed by atoms with Gasteiger partial charge >= 0.3 is 7.75 Å². The molecule has 9 atom stereocenters. The first-order valence-corrected chi connectivity index (χ1v) is 18.3. The van der Waals surface area contributed by atoms with Crippen LogP contribution >= 0.6 is 23.4 Å². The van der Waals surface area contributed by atoms with Gasteiger partial charge in [0.1, 0.15) is 30.6 Å². The van der Waals surface area contributed by atoms with Gasteiger partial charge in [-0.2, -0.15) is 9.97 Å². The molecule has 49 heavy (non-hydrogen) atoms. The first-order chi connectivity index (χ1) is 23.0. The van der Waals surface area contributed by atoms with Crippen molar-refractivity contribution in [3.8, 4) is 0 Å². The molecule has 0 saturated carbocycles. The predicted molar refractivity (Wildman–Crippen MR) is 152 cm³/mol. The molecular formula is C20H23N10O16P3-2. The number of hydrogen-bond donors (Lipinski definition) is 7. The third-order valence-corrected chi connectivity index (χ3v) is 9.98. The number of nitrogen functional groups attached to an aromatic ring is 1. The molecule has 3 aliphatic heterocycles. The number of phosphoric acid groups is 2. The van der Waals surface area contributed by atoms with Gasteiger partial charge in [-0.1, -0.05) is 0 Å². The molecule has 7 rings (SSSR count). The van der Waals surface area contributed by atoms with E-state index in [-0.39, 0.29) is 34.7 Å². The predicted octanol–water partition coefficient (Wildman–Crippen LogP) is -3.36. The summed E-state index contributed by atoms with van der Waals surface area (Å²) in [7, 11) is -15.5. The Morgan fingerprint density at radius 1 is 0.918 bits per heavy atom. The van der Waals surface area contributed by atoms with E-state index in [0.717, 1.165) is 21.8 Å². The number of nitrogens with one attached hydrogen (secondary N) is 3. The Kier molecular flexibility index (Phi) is 8.40. The Labute approximate surface area is 269 Å². The second kappa shape index (κ2) is 12.1. The standard InChI is InChI=1S/C20H25N10O16P3/c21-19-24-14-10(16(32)26-19)23-5-30(14)18-12(31)13-8(44-18)3-42-48(37,38)45-6-1-9(43-7(6)2-41-49(39,40)46-13)29-4-22-11-15(29)25-20(27-17(11)33)28-47(34,35)36/h4-9,12-13,18,31H,1-3H2,(H,37,38)(H,39,40)(H3,21,24,26,32)(H4,25,27,28,33,34,35,36)/p-2/t6?,7-,8-,9-,12?,13+,18-/m1/s1. The van der Waals surface area contributed by atoms with E-state index in [0.29, 0.717) is 0 Å². The van der Waals surface area contributed by atoms with Gasteiger partial charge in [0.15, 0.2) is 28.6 Å². The van der Waals surface area contributed by atoms with Crippen LogP contribution < -0.4 is 31.7 Å². The monoisotopic (exact) mass is 752 g/mol. The SMILES string of the molecule is Nc1nc2c(ncn2[C@@H]2O[C@@H]3COP(=O)([O-])OC4C[C@H](n5cnc6c(=O)[nH]c(NP(=O)(O)O)nc65)O[C@@H]4COP(=O)([O-])O[C@@H]3C2O)c(=O)[nH]1. The third kappa shape index (κ3) is 6.72. The average molecular weight is 752 g/mol. The minimum absolute atomic E-state index is 0.151. The summed E-state index contributed by atoms with van der Waals surface area (Å²) < 4.78 is 71.4. The van der Waals surface area contributed by atoms with E-state index in [1.54, 1.807) is 5.09 Å². The van der Waals surface area contributed by atoms with Gasteiger partial charge in [0, 0.05) is 6.42 Å². The molecule has 3 aliphatic rings. The van der Waals surface area contributed by atoms with Crippen molar-refractivity contribution >= 4 is 57.6 Å². The van der Waals surface area contributed by atoms with Gasteiger partial charge < -0.3 is 58.0 Å². The van der Waals surface area contributed by atoms with Crippen molar-refractivity contribution in [2.75, 3.05) is 24.0 Å². The van der Waals surface area contributed by atoms with Crippen LogP contribution in [-0.4, -0.2) is 97.7 Å². The molecule has 4 aromatic rings. The van der Waals surface area contributed by atoms with E-state index >= 15 is 0 Å². The van der Waals surface area contributed by atoms with Crippen LogP contribution in [0.15, 0.2) is 22.2 Å².